The molecule has 23 heavy (non-hydrogen) atoms. The Labute approximate surface area is 138 Å². The van der Waals surface area contributed by atoms with Crippen LogP contribution in [0.4, 0.5) is 10.5 Å². The maximum Gasteiger partial charge on any atom is 0.408 e. The normalized spacial score (nSPS) is 20.7. The molecule has 1 aromatic rings. The molecule has 0 unspecified atom stereocenters. The van der Waals surface area contributed by atoms with Crippen molar-refractivity contribution in [2.45, 2.75) is 65.1 Å². The molecule has 0 radical (unpaired) electrons. The Morgan fingerprint density at radius 2 is 1.96 bits per heavy atom. The van der Waals surface area contributed by atoms with Gasteiger partial charge in [0, 0.05) is 18.2 Å². The highest BCUT2D eigenvalue weighted by atomic mass is 16.6. The number of ether oxygens (including phenoxy) is 1. The van der Waals surface area contributed by atoms with E-state index in [1.807, 2.05) is 63.8 Å². The molecule has 5 nitrogen and oxygen atoms in total. The average molecular weight is 318 g/mol. The van der Waals surface area contributed by atoms with Gasteiger partial charge in [0.1, 0.15) is 5.60 Å². The number of rotatable bonds is 2. The number of nitrogens with zero attached hydrogens (tertiary/aromatic N) is 1. The van der Waals surface area contributed by atoms with Crippen LogP contribution in [0.25, 0.3) is 0 Å². The lowest BCUT2D eigenvalue weighted by atomic mass is 9.91. The summed E-state index contributed by atoms with van der Waals surface area (Å²) in [7, 11) is 0. The van der Waals surface area contributed by atoms with Crippen molar-refractivity contribution in [2.24, 2.45) is 0 Å². The van der Waals surface area contributed by atoms with Gasteiger partial charge in [-0.25, -0.2) is 4.79 Å². The quantitative estimate of drug-likeness (QED) is 0.902. The third-order valence-corrected chi connectivity index (χ3v) is 3.85. The van der Waals surface area contributed by atoms with Crippen LogP contribution in [0.5, 0.6) is 0 Å². The minimum absolute atomic E-state index is 0.0253. The predicted molar refractivity (Wildman–Crippen MR) is 90.4 cm³/mol. The number of nitrogens with one attached hydrogen (secondary N) is 1. The molecule has 2 atom stereocenters. The maximum atomic E-state index is 12.3. The van der Waals surface area contributed by atoms with Gasteiger partial charge in [-0.15, -0.1) is 0 Å². The standard InChI is InChI=1S/C18H26N2O3/c1-6-16(21)20-12(2)11-14(13-9-7-8-10-15(13)20)19-17(22)23-18(3,4)5/h7-10,12,14H,6,11H2,1-5H3,(H,19,22)/t12-,14+/m0/s1. The molecule has 1 aliphatic rings. The van der Waals surface area contributed by atoms with Crippen LogP contribution in [0.1, 0.15) is 59.1 Å². The number of amides is 2. The van der Waals surface area contributed by atoms with Gasteiger partial charge in [0.2, 0.25) is 5.91 Å². The van der Waals surface area contributed by atoms with Crippen molar-refractivity contribution in [3.05, 3.63) is 29.8 Å². The lowest BCUT2D eigenvalue weighted by Gasteiger charge is -2.39. The van der Waals surface area contributed by atoms with E-state index < -0.39 is 11.7 Å². The lowest BCUT2D eigenvalue weighted by molar-refractivity contribution is -0.118. The van der Waals surface area contributed by atoms with Gasteiger partial charge in [0.15, 0.2) is 0 Å². The molecule has 126 valence electrons. The minimum atomic E-state index is -0.534. The summed E-state index contributed by atoms with van der Waals surface area (Å²) in [6.45, 7) is 9.39. The zero-order chi connectivity index (χ0) is 17.2. The molecular weight excluding hydrogens is 292 g/mol. The van der Waals surface area contributed by atoms with E-state index >= 15 is 0 Å². The van der Waals surface area contributed by atoms with Gasteiger partial charge < -0.3 is 15.0 Å². The first kappa shape index (κ1) is 17.3. The third-order valence-electron chi connectivity index (χ3n) is 3.85. The van der Waals surface area contributed by atoms with Gasteiger partial charge in [-0.1, -0.05) is 25.1 Å². The van der Waals surface area contributed by atoms with Gasteiger partial charge in [0.25, 0.3) is 0 Å². The summed E-state index contributed by atoms with van der Waals surface area (Å²) >= 11 is 0. The molecule has 1 heterocycles. The molecule has 0 aromatic heterocycles. The van der Waals surface area contributed by atoms with Crippen molar-refractivity contribution in [1.82, 2.24) is 5.32 Å². The van der Waals surface area contributed by atoms with Crippen LogP contribution >= 0.6 is 0 Å². The second-order valence-electron chi connectivity index (χ2n) is 6.96. The summed E-state index contributed by atoms with van der Waals surface area (Å²) in [5.41, 5.74) is 1.30. The molecule has 1 aromatic carbocycles. The topological polar surface area (TPSA) is 58.6 Å². The van der Waals surface area contributed by atoms with E-state index in [1.165, 1.54) is 0 Å². The van der Waals surface area contributed by atoms with E-state index in [0.29, 0.717) is 12.8 Å². The molecule has 0 saturated heterocycles. The van der Waals surface area contributed by atoms with Gasteiger partial charge >= 0.3 is 6.09 Å². The monoisotopic (exact) mass is 318 g/mol. The Balaban J connectivity index is 2.26. The molecule has 0 bridgehead atoms. The second kappa shape index (κ2) is 6.60. The SMILES string of the molecule is CCC(=O)N1c2ccccc2[C@H](NC(=O)OC(C)(C)C)C[C@@H]1C. The van der Waals surface area contributed by atoms with Crippen LogP contribution in [-0.2, 0) is 9.53 Å². The Bertz CT molecular complexity index is 592. The molecule has 0 saturated carbocycles. The number of hydrogen-bond acceptors (Lipinski definition) is 3. The second-order valence-corrected chi connectivity index (χ2v) is 6.96. The highest BCUT2D eigenvalue weighted by Gasteiger charge is 2.34. The van der Waals surface area contributed by atoms with Crippen molar-refractivity contribution in [3.8, 4) is 0 Å². The Morgan fingerprint density at radius 3 is 2.57 bits per heavy atom. The van der Waals surface area contributed by atoms with Crippen molar-refractivity contribution < 1.29 is 14.3 Å². The Morgan fingerprint density at radius 1 is 1.30 bits per heavy atom. The first-order valence-corrected chi connectivity index (χ1v) is 8.13. The predicted octanol–water partition coefficient (Wildman–Crippen LogP) is 3.79. The molecule has 0 fully saturated rings. The molecule has 5 heteroatoms. The number of carbonyl (C=O) groups is 2. The Kier molecular flexibility index (Phi) is 4.97. The molecule has 0 aliphatic carbocycles. The van der Waals surface area contributed by atoms with Crippen molar-refractivity contribution in [1.29, 1.82) is 0 Å². The van der Waals surface area contributed by atoms with E-state index in [0.717, 1.165) is 11.3 Å². The van der Waals surface area contributed by atoms with Crippen LogP contribution < -0.4 is 10.2 Å². The zero-order valence-corrected chi connectivity index (χ0v) is 14.6. The highest BCUT2D eigenvalue weighted by molar-refractivity contribution is 5.95. The van der Waals surface area contributed by atoms with Crippen molar-refractivity contribution >= 4 is 17.7 Å². The van der Waals surface area contributed by atoms with Crippen LogP contribution in [-0.4, -0.2) is 23.6 Å². The van der Waals surface area contributed by atoms with Crippen LogP contribution in [0.2, 0.25) is 0 Å². The summed E-state index contributed by atoms with van der Waals surface area (Å²) in [5.74, 6) is 0.0978. The third kappa shape index (κ3) is 4.03. The van der Waals surface area contributed by atoms with E-state index in [-0.39, 0.29) is 18.0 Å². The summed E-state index contributed by atoms with van der Waals surface area (Å²) < 4.78 is 5.36. The first-order chi connectivity index (χ1) is 10.7. The Hall–Kier alpha value is -2.04. The number of alkyl carbamates (subject to hydrolysis) is 1. The number of fused-ring (bicyclic) bond motifs is 1. The van der Waals surface area contributed by atoms with E-state index in [4.69, 9.17) is 4.74 Å². The summed E-state index contributed by atoms with van der Waals surface area (Å²) in [6.07, 6.45) is 0.699. The van der Waals surface area contributed by atoms with Gasteiger partial charge in [0.05, 0.1) is 6.04 Å². The highest BCUT2D eigenvalue weighted by Crippen LogP contribution is 2.37. The molecule has 0 spiro atoms. The fraction of sp³-hybridized carbons (Fsp3) is 0.556. The molecule has 2 rings (SSSR count). The number of para-hydroxylation sites is 1. The minimum Gasteiger partial charge on any atom is -0.444 e. The molecular formula is C18H26N2O3. The number of benzene rings is 1. The maximum absolute atomic E-state index is 12.3. The van der Waals surface area contributed by atoms with Crippen LogP contribution in [0.15, 0.2) is 24.3 Å². The fourth-order valence-corrected chi connectivity index (χ4v) is 2.95. The number of carbonyl (C=O) groups excluding carboxylic acids is 2. The summed E-state index contributed by atoms with van der Waals surface area (Å²) in [6, 6.07) is 7.60. The molecule has 1 N–H and O–H groups in total. The van der Waals surface area contributed by atoms with E-state index in [2.05, 4.69) is 5.32 Å². The number of anilines is 1. The van der Waals surface area contributed by atoms with Gasteiger partial charge in [-0.05, 0) is 45.7 Å². The average Bonchev–Trinajstić information content (AvgIpc) is 2.44. The first-order valence-electron chi connectivity index (χ1n) is 8.13. The van der Waals surface area contributed by atoms with Crippen molar-refractivity contribution in [2.75, 3.05) is 4.90 Å². The van der Waals surface area contributed by atoms with Crippen LogP contribution in [0.3, 0.4) is 0 Å². The largest absolute Gasteiger partial charge is 0.444 e. The van der Waals surface area contributed by atoms with Crippen molar-refractivity contribution in [3.63, 3.8) is 0 Å². The van der Waals surface area contributed by atoms with Crippen LogP contribution in [0, 0.1) is 0 Å². The smallest absolute Gasteiger partial charge is 0.408 e. The summed E-state index contributed by atoms with van der Waals surface area (Å²) in [4.78, 5) is 26.2. The molecule has 1 aliphatic heterocycles. The van der Waals surface area contributed by atoms with Gasteiger partial charge in [-0.3, -0.25) is 4.79 Å². The lowest BCUT2D eigenvalue weighted by Crippen LogP contribution is -2.46. The fourth-order valence-electron chi connectivity index (χ4n) is 2.95. The molecule has 2 amide bonds. The van der Waals surface area contributed by atoms with Gasteiger partial charge in [-0.2, -0.15) is 0 Å². The zero-order valence-electron chi connectivity index (χ0n) is 14.6. The van der Waals surface area contributed by atoms with E-state index in [9.17, 15) is 9.59 Å². The number of hydrogen-bond donors (Lipinski definition) is 1. The summed E-state index contributed by atoms with van der Waals surface area (Å²) in [5, 5.41) is 2.94. The van der Waals surface area contributed by atoms with E-state index in [1.54, 1.807) is 0 Å².